The van der Waals surface area contributed by atoms with E-state index in [9.17, 15) is 13.2 Å². The predicted octanol–water partition coefficient (Wildman–Crippen LogP) is 2.55. The molecule has 3 aromatic rings. The second-order valence-corrected chi connectivity index (χ2v) is 7.65. The van der Waals surface area contributed by atoms with E-state index < -0.39 is 16.1 Å². The van der Waals surface area contributed by atoms with Gasteiger partial charge >= 0.3 is 6.03 Å². The number of hydrogen-bond donors (Lipinski definition) is 3. The largest absolute Gasteiger partial charge is 0.337 e. The zero-order valence-corrected chi connectivity index (χ0v) is 15.1. The predicted molar refractivity (Wildman–Crippen MR) is 101 cm³/mol. The number of pyridine rings is 1. The lowest BCUT2D eigenvalue weighted by Crippen LogP contribution is -2.34. The van der Waals surface area contributed by atoms with Crippen LogP contribution in [0, 0.1) is 0 Å². The number of nitrogens with zero attached hydrogens (tertiary/aromatic N) is 2. The third-order valence-corrected chi connectivity index (χ3v) is 5.07. The van der Waals surface area contributed by atoms with Crippen LogP contribution in [-0.4, -0.2) is 36.4 Å². The molecule has 0 fully saturated rings. The zero-order chi connectivity index (χ0) is 18.6. The molecule has 0 atom stereocenters. The minimum Gasteiger partial charge on any atom is -0.337 e. The summed E-state index contributed by atoms with van der Waals surface area (Å²) >= 11 is 5.94. The van der Waals surface area contributed by atoms with Crippen molar-refractivity contribution in [2.75, 3.05) is 22.3 Å². The molecule has 0 radical (unpaired) electrons. The van der Waals surface area contributed by atoms with Gasteiger partial charge in [-0.15, -0.1) is 0 Å². The highest BCUT2D eigenvalue weighted by Crippen LogP contribution is 2.20. The normalized spacial score (nSPS) is 11.3. The molecule has 10 heteroatoms. The Kier molecular flexibility index (Phi) is 5.29. The van der Waals surface area contributed by atoms with E-state index in [4.69, 9.17) is 11.6 Å². The first-order valence-electron chi connectivity index (χ1n) is 7.66. The highest BCUT2D eigenvalue weighted by molar-refractivity contribution is 7.92. The number of sulfonamides is 1. The zero-order valence-electron chi connectivity index (χ0n) is 13.5. The Morgan fingerprint density at radius 3 is 2.81 bits per heavy atom. The van der Waals surface area contributed by atoms with Crippen molar-refractivity contribution in [2.24, 2.45) is 0 Å². The standard InChI is InChI=1S/C16H16ClN5O3S/c17-14-3-1-2-4-15(14)20-16(23)18-8-10-26(24,25)21-12-6-9-22-13(11-12)5-7-19-22/h1-7,9,11,21H,8,10H2,(H2,18,20,23). The van der Waals surface area contributed by atoms with Crippen molar-refractivity contribution in [1.29, 1.82) is 0 Å². The summed E-state index contributed by atoms with van der Waals surface area (Å²) in [5.74, 6) is -0.270. The second kappa shape index (κ2) is 7.63. The third kappa shape index (κ3) is 4.64. The Morgan fingerprint density at radius 2 is 2.00 bits per heavy atom. The molecule has 26 heavy (non-hydrogen) atoms. The maximum absolute atomic E-state index is 12.1. The van der Waals surface area contributed by atoms with Crippen LogP contribution in [0.15, 0.2) is 54.9 Å². The minimum atomic E-state index is -3.61. The Hall–Kier alpha value is -2.78. The molecule has 1 aromatic carbocycles. The van der Waals surface area contributed by atoms with Gasteiger partial charge in [0.1, 0.15) is 0 Å². The highest BCUT2D eigenvalue weighted by atomic mass is 35.5. The Balaban J connectivity index is 1.51. The van der Waals surface area contributed by atoms with Crippen molar-refractivity contribution >= 4 is 44.5 Å². The Bertz CT molecular complexity index is 1040. The number of para-hydroxylation sites is 1. The molecule has 0 saturated carbocycles. The van der Waals surface area contributed by atoms with Crippen LogP contribution in [0.1, 0.15) is 0 Å². The quantitative estimate of drug-likeness (QED) is 0.598. The number of carbonyl (C=O) groups excluding carboxylic acids is 1. The number of fused-ring (bicyclic) bond motifs is 1. The summed E-state index contributed by atoms with van der Waals surface area (Å²) in [6, 6.07) is 11.3. The van der Waals surface area contributed by atoms with Gasteiger partial charge in [-0.1, -0.05) is 23.7 Å². The molecule has 0 spiro atoms. The number of benzene rings is 1. The van der Waals surface area contributed by atoms with E-state index in [1.165, 1.54) is 0 Å². The van der Waals surface area contributed by atoms with Crippen LogP contribution in [-0.2, 0) is 10.0 Å². The number of amides is 2. The Morgan fingerprint density at radius 1 is 1.19 bits per heavy atom. The molecule has 3 rings (SSSR count). The molecule has 0 unspecified atom stereocenters. The van der Waals surface area contributed by atoms with Crippen LogP contribution in [0.3, 0.4) is 0 Å². The van der Waals surface area contributed by atoms with Crippen molar-refractivity contribution in [2.45, 2.75) is 0 Å². The summed E-state index contributed by atoms with van der Waals surface area (Å²) in [6.45, 7) is -0.0550. The molecular weight excluding hydrogens is 378 g/mol. The summed E-state index contributed by atoms with van der Waals surface area (Å²) in [7, 11) is -3.61. The lowest BCUT2D eigenvalue weighted by atomic mass is 10.3. The van der Waals surface area contributed by atoms with E-state index in [0.717, 1.165) is 5.52 Å². The smallest absolute Gasteiger partial charge is 0.319 e. The fraction of sp³-hybridized carbons (Fsp3) is 0.125. The number of aromatic nitrogens is 2. The molecule has 0 aliphatic carbocycles. The molecule has 0 saturated heterocycles. The van der Waals surface area contributed by atoms with E-state index in [1.807, 2.05) is 0 Å². The maximum atomic E-state index is 12.1. The van der Waals surface area contributed by atoms with Crippen LogP contribution in [0.5, 0.6) is 0 Å². The van der Waals surface area contributed by atoms with Gasteiger partial charge in [0, 0.05) is 18.9 Å². The Labute approximate surface area is 155 Å². The molecule has 0 aliphatic heterocycles. The summed E-state index contributed by atoms with van der Waals surface area (Å²) in [6.07, 6.45) is 3.28. The summed E-state index contributed by atoms with van der Waals surface area (Å²) in [4.78, 5) is 11.8. The van der Waals surface area contributed by atoms with Gasteiger partial charge in [-0.2, -0.15) is 5.10 Å². The average molecular weight is 394 g/mol. The van der Waals surface area contributed by atoms with E-state index in [1.54, 1.807) is 59.4 Å². The van der Waals surface area contributed by atoms with Gasteiger partial charge < -0.3 is 10.6 Å². The number of rotatable bonds is 6. The molecule has 3 N–H and O–H groups in total. The number of hydrogen-bond acceptors (Lipinski definition) is 4. The number of nitrogens with one attached hydrogen (secondary N) is 3. The number of anilines is 2. The molecule has 2 heterocycles. The van der Waals surface area contributed by atoms with Crippen LogP contribution >= 0.6 is 11.6 Å². The van der Waals surface area contributed by atoms with Crippen LogP contribution in [0.4, 0.5) is 16.2 Å². The van der Waals surface area contributed by atoms with Gasteiger partial charge in [-0.25, -0.2) is 17.7 Å². The van der Waals surface area contributed by atoms with E-state index >= 15 is 0 Å². The molecule has 2 aromatic heterocycles. The van der Waals surface area contributed by atoms with E-state index in [-0.39, 0.29) is 12.3 Å². The number of carbonyl (C=O) groups is 1. The summed E-state index contributed by atoms with van der Waals surface area (Å²) in [5, 5.41) is 9.48. The molecule has 0 aliphatic rings. The van der Waals surface area contributed by atoms with Gasteiger partial charge in [0.2, 0.25) is 10.0 Å². The second-order valence-electron chi connectivity index (χ2n) is 5.40. The monoisotopic (exact) mass is 393 g/mol. The van der Waals surface area contributed by atoms with E-state index in [2.05, 4.69) is 20.5 Å². The fourth-order valence-corrected chi connectivity index (χ4v) is 3.39. The number of halogens is 1. The SMILES string of the molecule is O=C(NCCS(=O)(=O)Nc1ccn2nccc2c1)Nc1ccccc1Cl. The first-order chi connectivity index (χ1) is 12.4. The molecule has 8 nitrogen and oxygen atoms in total. The molecule has 136 valence electrons. The topological polar surface area (TPSA) is 105 Å². The summed E-state index contributed by atoms with van der Waals surface area (Å²) in [5.41, 5.74) is 1.64. The van der Waals surface area contributed by atoms with Crippen molar-refractivity contribution in [3.8, 4) is 0 Å². The van der Waals surface area contributed by atoms with Gasteiger partial charge in [-0.05, 0) is 30.3 Å². The lowest BCUT2D eigenvalue weighted by Gasteiger charge is -2.10. The van der Waals surface area contributed by atoms with E-state index in [0.29, 0.717) is 16.4 Å². The van der Waals surface area contributed by atoms with Crippen molar-refractivity contribution < 1.29 is 13.2 Å². The lowest BCUT2D eigenvalue weighted by molar-refractivity contribution is 0.252. The molecule has 0 bridgehead atoms. The summed E-state index contributed by atoms with van der Waals surface area (Å²) < 4.78 is 28.4. The molecule has 2 amide bonds. The van der Waals surface area contributed by atoms with Crippen molar-refractivity contribution in [3.05, 3.63) is 59.9 Å². The fourth-order valence-electron chi connectivity index (χ4n) is 2.24. The number of urea groups is 1. The first kappa shape index (κ1) is 18.0. The van der Waals surface area contributed by atoms with Gasteiger partial charge in [0.15, 0.2) is 0 Å². The van der Waals surface area contributed by atoms with Gasteiger partial charge in [0.25, 0.3) is 0 Å². The van der Waals surface area contributed by atoms with Crippen LogP contribution in [0.2, 0.25) is 5.02 Å². The first-order valence-corrected chi connectivity index (χ1v) is 9.69. The molecular formula is C16H16ClN5O3S. The van der Waals surface area contributed by atoms with Gasteiger partial charge in [-0.3, -0.25) is 4.72 Å². The van der Waals surface area contributed by atoms with Gasteiger partial charge in [0.05, 0.1) is 27.7 Å². The average Bonchev–Trinajstić information content (AvgIpc) is 3.04. The third-order valence-electron chi connectivity index (χ3n) is 3.45. The highest BCUT2D eigenvalue weighted by Gasteiger charge is 2.12. The van der Waals surface area contributed by atoms with Crippen LogP contribution < -0.4 is 15.4 Å². The van der Waals surface area contributed by atoms with Crippen LogP contribution in [0.25, 0.3) is 5.52 Å². The maximum Gasteiger partial charge on any atom is 0.319 e. The van der Waals surface area contributed by atoms with Crippen molar-refractivity contribution in [1.82, 2.24) is 14.9 Å². The van der Waals surface area contributed by atoms with Crippen molar-refractivity contribution in [3.63, 3.8) is 0 Å². The minimum absolute atomic E-state index is 0.0550.